The van der Waals surface area contributed by atoms with Crippen LogP contribution in [0.2, 0.25) is 0 Å². The van der Waals surface area contributed by atoms with Gasteiger partial charge in [-0.05, 0) is 67.1 Å². The van der Waals surface area contributed by atoms with Crippen molar-refractivity contribution in [3.8, 4) is 56.2 Å². The Labute approximate surface area is 318 Å². The van der Waals surface area contributed by atoms with E-state index in [1.165, 1.54) is 75.1 Å². The molecule has 8 aromatic carbocycles. The summed E-state index contributed by atoms with van der Waals surface area (Å²) in [5, 5.41) is 7.54. The predicted octanol–water partition coefficient (Wildman–Crippen LogP) is 14.1. The first kappa shape index (κ1) is 31.1. The summed E-state index contributed by atoms with van der Waals surface area (Å²) in [5.74, 6) is 0.724. The lowest BCUT2D eigenvalue weighted by molar-refractivity contribution is 0.662. The fourth-order valence-corrected chi connectivity index (χ4v) is 10.2. The van der Waals surface area contributed by atoms with E-state index < -0.39 is 0 Å². The summed E-state index contributed by atoms with van der Waals surface area (Å²) in [6.07, 6.45) is 0. The molecular weight excluding hydrogens is 673 g/mol. The van der Waals surface area contributed by atoms with Crippen molar-refractivity contribution in [1.29, 1.82) is 0 Å². The lowest BCUT2D eigenvalue weighted by atomic mass is 9.78. The van der Waals surface area contributed by atoms with Crippen molar-refractivity contribution in [3.63, 3.8) is 0 Å². The number of hydrogen-bond acceptors (Lipinski definition) is 3. The molecular formula is C51H34N2S. The Bertz CT molecular complexity index is 3130. The van der Waals surface area contributed by atoms with Crippen molar-refractivity contribution < 1.29 is 0 Å². The molecule has 0 spiro atoms. The highest BCUT2D eigenvalue weighted by Crippen LogP contribution is 2.55. The summed E-state index contributed by atoms with van der Waals surface area (Å²) in [5.41, 5.74) is 12.9. The van der Waals surface area contributed by atoms with Crippen LogP contribution in [-0.2, 0) is 5.41 Å². The van der Waals surface area contributed by atoms with E-state index in [4.69, 9.17) is 9.97 Å². The molecule has 11 rings (SSSR count). The Morgan fingerprint density at radius 1 is 0.444 bits per heavy atom. The molecule has 0 N–H and O–H groups in total. The highest BCUT2D eigenvalue weighted by Gasteiger charge is 2.38. The Hall–Kier alpha value is -6.42. The molecule has 1 aliphatic rings. The van der Waals surface area contributed by atoms with Crippen LogP contribution in [0.1, 0.15) is 25.0 Å². The van der Waals surface area contributed by atoms with Gasteiger partial charge >= 0.3 is 0 Å². The number of hydrogen-bond donors (Lipinski definition) is 0. The molecule has 0 atom stereocenters. The summed E-state index contributed by atoms with van der Waals surface area (Å²) in [6.45, 7) is 4.77. The zero-order valence-electron chi connectivity index (χ0n) is 30.0. The van der Waals surface area contributed by atoms with E-state index in [0.29, 0.717) is 0 Å². The first-order valence-corrected chi connectivity index (χ1v) is 19.4. The van der Waals surface area contributed by atoms with Gasteiger partial charge in [0.1, 0.15) is 0 Å². The summed E-state index contributed by atoms with van der Waals surface area (Å²) in [6, 6.07) is 61.6. The van der Waals surface area contributed by atoms with Gasteiger partial charge in [-0.1, -0.05) is 172 Å². The summed E-state index contributed by atoms with van der Waals surface area (Å²) >= 11 is 1.83. The molecule has 0 aliphatic heterocycles. The molecule has 0 saturated carbocycles. The van der Waals surface area contributed by atoms with E-state index >= 15 is 0 Å². The van der Waals surface area contributed by atoms with E-state index in [0.717, 1.165) is 33.9 Å². The van der Waals surface area contributed by atoms with Crippen LogP contribution in [0.25, 0.3) is 97.9 Å². The average Bonchev–Trinajstić information content (AvgIpc) is 3.73. The number of thiophene rings is 1. The van der Waals surface area contributed by atoms with Crippen molar-refractivity contribution in [2.75, 3.05) is 0 Å². The standard InChI is InChI=1S/C51H34N2S/c1-51(2)43-29-26-31-14-6-7-17-33(31)47(43)42-24-12-21-39(48(42)51)36-27-28-37(35-19-9-8-18-34(35)36)44-30-45(53-50(52-44)32-15-4-3-5-16-32)41-23-13-22-40-38-20-10-11-25-46(38)54-49(40)41/h3-30H,1-2H3. The van der Waals surface area contributed by atoms with Crippen molar-refractivity contribution in [2.45, 2.75) is 19.3 Å². The monoisotopic (exact) mass is 706 g/mol. The normalized spacial score (nSPS) is 13.1. The molecule has 0 amide bonds. The predicted molar refractivity (Wildman–Crippen MR) is 229 cm³/mol. The molecule has 0 radical (unpaired) electrons. The van der Waals surface area contributed by atoms with Gasteiger partial charge < -0.3 is 0 Å². The van der Waals surface area contributed by atoms with Gasteiger partial charge in [-0.2, -0.15) is 0 Å². The lowest BCUT2D eigenvalue weighted by Gasteiger charge is -2.25. The molecule has 1 aliphatic carbocycles. The fraction of sp³-hybridized carbons (Fsp3) is 0.0588. The first-order chi connectivity index (χ1) is 26.5. The van der Waals surface area contributed by atoms with E-state index in [1.807, 2.05) is 17.4 Å². The molecule has 0 fully saturated rings. The highest BCUT2D eigenvalue weighted by molar-refractivity contribution is 7.26. The van der Waals surface area contributed by atoms with Crippen LogP contribution in [0.4, 0.5) is 0 Å². The highest BCUT2D eigenvalue weighted by atomic mass is 32.1. The Morgan fingerprint density at radius 2 is 1.06 bits per heavy atom. The Kier molecular flexibility index (Phi) is 6.80. The molecule has 54 heavy (non-hydrogen) atoms. The van der Waals surface area contributed by atoms with Crippen LogP contribution in [0, 0.1) is 0 Å². The van der Waals surface area contributed by atoms with Crippen molar-refractivity contribution >= 4 is 53.1 Å². The van der Waals surface area contributed by atoms with Gasteiger partial charge in [0.05, 0.1) is 11.4 Å². The van der Waals surface area contributed by atoms with Crippen LogP contribution in [0.5, 0.6) is 0 Å². The summed E-state index contributed by atoms with van der Waals surface area (Å²) in [4.78, 5) is 10.6. The Morgan fingerprint density at radius 3 is 1.89 bits per heavy atom. The van der Waals surface area contributed by atoms with E-state index in [9.17, 15) is 0 Å². The fourth-order valence-electron chi connectivity index (χ4n) is 9.02. The number of nitrogens with zero attached hydrogens (tertiary/aromatic N) is 2. The van der Waals surface area contributed by atoms with Gasteiger partial charge in [0, 0.05) is 42.3 Å². The molecule has 2 aromatic heterocycles. The van der Waals surface area contributed by atoms with Gasteiger partial charge in [0.2, 0.25) is 0 Å². The van der Waals surface area contributed by atoms with Gasteiger partial charge in [0.15, 0.2) is 5.82 Å². The van der Waals surface area contributed by atoms with Crippen LogP contribution in [-0.4, -0.2) is 9.97 Å². The lowest BCUT2D eigenvalue weighted by Crippen LogP contribution is -2.16. The smallest absolute Gasteiger partial charge is 0.160 e. The third kappa shape index (κ3) is 4.58. The second-order valence-corrected chi connectivity index (χ2v) is 15.9. The zero-order chi connectivity index (χ0) is 36.0. The molecule has 254 valence electrons. The number of rotatable bonds is 4. The van der Waals surface area contributed by atoms with Gasteiger partial charge in [-0.15, -0.1) is 11.3 Å². The van der Waals surface area contributed by atoms with Crippen LogP contribution in [0.15, 0.2) is 170 Å². The minimum absolute atomic E-state index is 0.162. The molecule has 0 unspecified atom stereocenters. The zero-order valence-corrected chi connectivity index (χ0v) is 30.8. The number of fused-ring (bicyclic) bond motifs is 9. The molecule has 10 aromatic rings. The van der Waals surface area contributed by atoms with Crippen molar-refractivity contribution in [2.24, 2.45) is 0 Å². The van der Waals surface area contributed by atoms with Gasteiger partial charge in [0.25, 0.3) is 0 Å². The summed E-state index contributed by atoms with van der Waals surface area (Å²) in [7, 11) is 0. The van der Waals surface area contributed by atoms with Crippen LogP contribution >= 0.6 is 11.3 Å². The number of aromatic nitrogens is 2. The molecule has 0 bridgehead atoms. The van der Waals surface area contributed by atoms with E-state index in [2.05, 4.69) is 178 Å². The molecule has 0 saturated heterocycles. The van der Waals surface area contributed by atoms with Crippen LogP contribution < -0.4 is 0 Å². The van der Waals surface area contributed by atoms with Crippen molar-refractivity contribution in [3.05, 3.63) is 181 Å². The maximum absolute atomic E-state index is 5.30. The van der Waals surface area contributed by atoms with Crippen molar-refractivity contribution in [1.82, 2.24) is 9.97 Å². The third-order valence-electron chi connectivity index (χ3n) is 11.5. The van der Waals surface area contributed by atoms with Gasteiger partial charge in [-0.3, -0.25) is 0 Å². The third-order valence-corrected chi connectivity index (χ3v) is 12.7. The Balaban J connectivity index is 1.13. The molecule has 2 heterocycles. The van der Waals surface area contributed by atoms with E-state index in [1.54, 1.807) is 0 Å². The SMILES string of the molecule is CC1(C)c2ccc3ccccc3c2-c2cccc(-c3ccc(-c4cc(-c5cccc6c5sc5ccccc56)nc(-c5ccccc5)n4)c4ccccc34)c21. The maximum Gasteiger partial charge on any atom is 0.160 e. The second kappa shape index (κ2) is 11.8. The minimum atomic E-state index is -0.162. The minimum Gasteiger partial charge on any atom is -0.228 e. The molecule has 2 nitrogen and oxygen atoms in total. The second-order valence-electron chi connectivity index (χ2n) is 14.9. The average molecular weight is 707 g/mol. The maximum atomic E-state index is 5.30. The quantitative estimate of drug-likeness (QED) is 0.182. The number of benzene rings is 8. The largest absolute Gasteiger partial charge is 0.228 e. The van der Waals surface area contributed by atoms with Gasteiger partial charge in [-0.25, -0.2) is 9.97 Å². The topological polar surface area (TPSA) is 25.8 Å². The molecule has 3 heteroatoms. The summed E-state index contributed by atoms with van der Waals surface area (Å²) < 4.78 is 2.53. The van der Waals surface area contributed by atoms with E-state index in [-0.39, 0.29) is 5.41 Å². The first-order valence-electron chi connectivity index (χ1n) is 18.6. The van der Waals surface area contributed by atoms with Crippen LogP contribution in [0.3, 0.4) is 0 Å².